The summed E-state index contributed by atoms with van der Waals surface area (Å²) in [6.45, 7) is 4.55. The number of carbonyl (C=O) groups excluding carboxylic acids is 2. The zero-order valence-electron chi connectivity index (χ0n) is 14.5. The van der Waals surface area contributed by atoms with Crippen LogP contribution in [0, 0.1) is 0 Å². The summed E-state index contributed by atoms with van der Waals surface area (Å²) < 4.78 is 49.5. The van der Waals surface area contributed by atoms with Gasteiger partial charge in [0, 0.05) is 6.20 Å². The van der Waals surface area contributed by atoms with Crippen molar-refractivity contribution in [1.29, 1.82) is 0 Å². The average molecular weight is 369 g/mol. The Labute approximate surface area is 148 Å². The van der Waals surface area contributed by atoms with Crippen molar-refractivity contribution in [3.8, 4) is 0 Å². The van der Waals surface area contributed by atoms with Gasteiger partial charge >= 0.3 is 18.2 Å². The lowest BCUT2D eigenvalue weighted by molar-refractivity contribution is -0.137. The van der Waals surface area contributed by atoms with Gasteiger partial charge in [0.15, 0.2) is 0 Å². The van der Waals surface area contributed by atoms with Crippen LogP contribution in [0.4, 0.5) is 18.0 Å². The number of alkyl halides is 3. The van der Waals surface area contributed by atoms with Crippen molar-refractivity contribution in [2.24, 2.45) is 0 Å². The zero-order valence-corrected chi connectivity index (χ0v) is 14.5. The first kappa shape index (κ1) is 19.6. The molecule has 0 N–H and O–H groups in total. The van der Waals surface area contributed by atoms with Crippen LogP contribution in [0.2, 0.25) is 0 Å². The molecule has 0 bridgehead atoms. The Morgan fingerprint density at radius 3 is 2.23 bits per heavy atom. The van der Waals surface area contributed by atoms with Crippen molar-refractivity contribution < 1.29 is 32.2 Å². The van der Waals surface area contributed by atoms with Crippen LogP contribution in [0.1, 0.15) is 42.4 Å². The number of hydrogen-bond acceptors (Lipinski definition) is 4. The summed E-state index contributed by atoms with van der Waals surface area (Å²) in [7, 11) is 0. The molecule has 0 amide bonds. The second-order valence-electron chi connectivity index (χ2n) is 6.52. The molecule has 2 aromatic rings. The molecule has 0 radical (unpaired) electrons. The minimum Gasteiger partial charge on any atom is -0.456 e. The summed E-state index contributed by atoms with van der Waals surface area (Å²) in [5.74, 6) is -1.06. The molecule has 0 aliphatic rings. The average Bonchev–Trinajstić information content (AvgIpc) is 2.98. The first-order chi connectivity index (χ1) is 12.0. The lowest BCUT2D eigenvalue weighted by Gasteiger charge is -2.20. The molecule has 0 unspecified atom stereocenters. The maximum absolute atomic E-state index is 13.0. The molecule has 2 rings (SSSR count). The first-order valence-corrected chi connectivity index (χ1v) is 7.71. The fourth-order valence-electron chi connectivity index (χ4n) is 2.03. The Morgan fingerprint density at radius 1 is 1.08 bits per heavy atom. The molecule has 8 heteroatoms. The summed E-state index contributed by atoms with van der Waals surface area (Å²) in [6, 6.07) is 9.19. The summed E-state index contributed by atoms with van der Waals surface area (Å²) in [4.78, 5) is 24.4. The van der Waals surface area contributed by atoms with E-state index < -0.39 is 35.1 Å². The van der Waals surface area contributed by atoms with Gasteiger partial charge in [0.25, 0.3) is 0 Å². The van der Waals surface area contributed by atoms with Crippen LogP contribution in [-0.4, -0.2) is 22.2 Å². The summed E-state index contributed by atoms with van der Waals surface area (Å²) in [6.07, 6.45) is -5.30. The van der Waals surface area contributed by atoms with Crippen LogP contribution < -0.4 is 0 Å². The summed E-state index contributed by atoms with van der Waals surface area (Å²) >= 11 is 0. The van der Waals surface area contributed by atoms with Gasteiger partial charge in [0.2, 0.25) is 0 Å². The molecule has 0 saturated carbocycles. The van der Waals surface area contributed by atoms with E-state index in [1.165, 1.54) is 0 Å². The van der Waals surface area contributed by atoms with Gasteiger partial charge in [-0.2, -0.15) is 13.2 Å². The highest BCUT2D eigenvalue weighted by atomic mass is 19.4. The molecule has 0 saturated heterocycles. The molecule has 0 spiro atoms. The zero-order chi connectivity index (χ0) is 19.5. The van der Waals surface area contributed by atoms with E-state index >= 15 is 0 Å². The van der Waals surface area contributed by atoms with Gasteiger partial charge in [0.1, 0.15) is 17.9 Å². The van der Waals surface area contributed by atoms with E-state index in [1.807, 2.05) is 0 Å². The predicted molar refractivity (Wildman–Crippen MR) is 86.6 cm³/mol. The van der Waals surface area contributed by atoms with Crippen molar-refractivity contribution in [1.82, 2.24) is 4.57 Å². The van der Waals surface area contributed by atoms with Crippen molar-refractivity contribution in [2.75, 3.05) is 0 Å². The second kappa shape index (κ2) is 7.23. The third-order valence-electron chi connectivity index (χ3n) is 3.16. The Hall–Kier alpha value is -2.77. The highest BCUT2D eigenvalue weighted by Crippen LogP contribution is 2.31. The molecular formula is C18H18F3NO4. The van der Waals surface area contributed by atoms with E-state index in [0.717, 1.165) is 0 Å². The molecule has 26 heavy (non-hydrogen) atoms. The number of carbonyl (C=O) groups is 2. The number of ether oxygens (including phenoxy) is 2. The van der Waals surface area contributed by atoms with Gasteiger partial charge < -0.3 is 9.47 Å². The number of rotatable bonds is 3. The highest BCUT2D eigenvalue weighted by Gasteiger charge is 2.36. The standard InChI is InChI=1S/C18H18F3NO4/c1-17(2,3)26-16(24)22-10-13(18(19,20)21)9-14(22)15(23)25-11-12-7-5-4-6-8-12/h4-10H,11H2,1-3H3. The highest BCUT2D eigenvalue weighted by molar-refractivity contribution is 5.92. The van der Waals surface area contributed by atoms with Gasteiger partial charge in [0.05, 0.1) is 5.56 Å². The lowest BCUT2D eigenvalue weighted by atomic mass is 10.2. The van der Waals surface area contributed by atoms with Crippen LogP contribution >= 0.6 is 0 Å². The largest absolute Gasteiger partial charge is 0.456 e. The van der Waals surface area contributed by atoms with E-state index in [9.17, 15) is 22.8 Å². The van der Waals surface area contributed by atoms with Gasteiger partial charge in [-0.1, -0.05) is 30.3 Å². The smallest absolute Gasteiger partial charge is 0.419 e. The number of esters is 1. The van der Waals surface area contributed by atoms with E-state index in [1.54, 1.807) is 51.1 Å². The molecule has 0 fully saturated rings. The van der Waals surface area contributed by atoms with Crippen LogP contribution in [0.15, 0.2) is 42.6 Å². The Morgan fingerprint density at radius 2 is 1.69 bits per heavy atom. The van der Waals surface area contributed by atoms with Crippen molar-refractivity contribution >= 4 is 12.1 Å². The summed E-state index contributed by atoms with van der Waals surface area (Å²) in [5.41, 5.74) is -1.98. The minimum absolute atomic E-state index is 0.138. The predicted octanol–water partition coefficient (Wildman–Crippen LogP) is 4.65. The van der Waals surface area contributed by atoms with Gasteiger partial charge in [-0.3, -0.25) is 0 Å². The number of aromatic nitrogens is 1. The third-order valence-corrected chi connectivity index (χ3v) is 3.16. The third kappa shape index (κ3) is 5.11. The normalized spacial score (nSPS) is 11.9. The van der Waals surface area contributed by atoms with Gasteiger partial charge in [-0.25, -0.2) is 14.2 Å². The number of hydrogen-bond donors (Lipinski definition) is 0. The van der Waals surface area contributed by atoms with Gasteiger partial charge in [-0.05, 0) is 32.4 Å². The molecule has 0 atom stereocenters. The van der Waals surface area contributed by atoms with Crippen LogP contribution in [-0.2, 0) is 22.3 Å². The molecular weight excluding hydrogens is 351 g/mol. The topological polar surface area (TPSA) is 57.5 Å². The number of benzene rings is 1. The van der Waals surface area contributed by atoms with Crippen LogP contribution in [0.25, 0.3) is 0 Å². The van der Waals surface area contributed by atoms with Crippen molar-refractivity contribution in [2.45, 2.75) is 39.2 Å². The number of halogens is 3. The van der Waals surface area contributed by atoms with Crippen LogP contribution in [0.3, 0.4) is 0 Å². The quantitative estimate of drug-likeness (QED) is 0.739. The Balaban J connectivity index is 2.28. The fourth-order valence-corrected chi connectivity index (χ4v) is 2.03. The fraction of sp³-hybridized carbons (Fsp3) is 0.333. The molecule has 0 aliphatic heterocycles. The monoisotopic (exact) mass is 369 g/mol. The van der Waals surface area contributed by atoms with E-state index in [4.69, 9.17) is 9.47 Å². The van der Waals surface area contributed by atoms with E-state index in [-0.39, 0.29) is 6.61 Å². The first-order valence-electron chi connectivity index (χ1n) is 7.71. The maximum Gasteiger partial charge on any atom is 0.419 e. The molecule has 1 aromatic carbocycles. The number of nitrogens with zero attached hydrogens (tertiary/aromatic N) is 1. The Kier molecular flexibility index (Phi) is 5.44. The van der Waals surface area contributed by atoms with Crippen LogP contribution in [0.5, 0.6) is 0 Å². The molecule has 1 aromatic heterocycles. The van der Waals surface area contributed by atoms with Gasteiger partial charge in [-0.15, -0.1) is 0 Å². The maximum atomic E-state index is 13.0. The molecule has 5 nitrogen and oxygen atoms in total. The molecule has 140 valence electrons. The molecule has 0 aliphatic carbocycles. The molecule has 1 heterocycles. The SMILES string of the molecule is CC(C)(C)OC(=O)n1cc(C(F)(F)F)cc1C(=O)OCc1ccccc1. The minimum atomic E-state index is -4.72. The Bertz CT molecular complexity index is 789. The van der Waals surface area contributed by atoms with E-state index in [0.29, 0.717) is 22.4 Å². The van der Waals surface area contributed by atoms with E-state index in [2.05, 4.69) is 0 Å². The van der Waals surface area contributed by atoms with Crippen molar-refractivity contribution in [3.63, 3.8) is 0 Å². The second-order valence-corrected chi connectivity index (χ2v) is 6.52. The van der Waals surface area contributed by atoms with Crippen molar-refractivity contribution in [3.05, 3.63) is 59.4 Å². The summed E-state index contributed by atoms with van der Waals surface area (Å²) in [5, 5.41) is 0. The lowest BCUT2D eigenvalue weighted by Crippen LogP contribution is -2.28.